The summed E-state index contributed by atoms with van der Waals surface area (Å²) in [6, 6.07) is 2.13. The lowest BCUT2D eigenvalue weighted by molar-refractivity contribution is 0.127. The third-order valence-corrected chi connectivity index (χ3v) is 4.51. The molecule has 1 fully saturated rings. The number of pyridine rings is 1. The van der Waals surface area contributed by atoms with E-state index in [9.17, 15) is 0 Å². The SMILES string of the molecule is CC1OCCC1SCc1cncc(Br)c1. The van der Waals surface area contributed by atoms with E-state index in [0.29, 0.717) is 11.4 Å². The van der Waals surface area contributed by atoms with Gasteiger partial charge < -0.3 is 4.74 Å². The Bertz CT molecular complexity index is 334. The van der Waals surface area contributed by atoms with Crippen LogP contribution in [0.2, 0.25) is 0 Å². The van der Waals surface area contributed by atoms with E-state index in [1.807, 2.05) is 24.2 Å². The van der Waals surface area contributed by atoms with Gasteiger partial charge in [0.05, 0.1) is 6.10 Å². The number of rotatable bonds is 3. The van der Waals surface area contributed by atoms with E-state index in [1.165, 1.54) is 12.0 Å². The van der Waals surface area contributed by atoms with Crippen molar-refractivity contribution in [3.63, 3.8) is 0 Å². The predicted octanol–water partition coefficient (Wildman–Crippen LogP) is 3.25. The topological polar surface area (TPSA) is 22.1 Å². The van der Waals surface area contributed by atoms with Crippen molar-refractivity contribution in [3.8, 4) is 0 Å². The van der Waals surface area contributed by atoms with Crippen molar-refractivity contribution < 1.29 is 4.74 Å². The lowest BCUT2D eigenvalue weighted by Crippen LogP contribution is -2.13. The number of hydrogen-bond donors (Lipinski definition) is 0. The summed E-state index contributed by atoms with van der Waals surface area (Å²) in [4.78, 5) is 4.16. The first kappa shape index (κ1) is 11.4. The van der Waals surface area contributed by atoms with Crippen molar-refractivity contribution in [1.29, 1.82) is 0 Å². The normalized spacial score (nSPS) is 25.7. The van der Waals surface area contributed by atoms with Gasteiger partial charge in [-0.3, -0.25) is 4.98 Å². The Kier molecular flexibility index (Phi) is 4.05. The minimum atomic E-state index is 0.398. The van der Waals surface area contributed by atoms with Crippen LogP contribution in [0.25, 0.3) is 0 Å². The first-order chi connectivity index (χ1) is 7.25. The maximum absolute atomic E-state index is 5.53. The molecule has 82 valence electrons. The fourth-order valence-corrected chi connectivity index (χ4v) is 3.26. The summed E-state index contributed by atoms with van der Waals surface area (Å²) in [5.41, 5.74) is 1.27. The van der Waals surface area contributed by atoms with Gasteiger partial charge in [-0.05, 0) is 40.9 Å². The summed E-state index contributed by atoms with van der Waals surface area (Å²) in [6.07, 6.45) is 5.32. The Morgan fingerprint density at radius 2 is 2.47 bits per heavy atom. The van der Waals surface area contributed by atoms with Gasteiger partial charge in [0.15, 0.2) is 0 Å². The molecule has 0 aromatic carbocycles. The molecule has 1 aliphatic rings. The van der Waals surface area contributed by atoms with Gasteiger partial charge >= 0.3 is 0 Å². The summed E-state index contributed by atoms with van der Waals surface area (Å²) in [7, 11) is 0. The van der Waals surface area contributed by atoms with Crippen LogP contribution < -0.4 is 0 Å². The third-order valence-electron chi connectivity index (χ3n) is 2.53. The molecule has 4 heteroatoms. The van der Waals surface area contributed by atoms with Crippen molar-refractivity contribution in [3.05, 3.63) is 28.5 Å². The molecule has 2 heterocycles. The predicted molar refractivity (Wildman–Crippen MR) is 67.1 cm³/mol. The minimum absolute atomic E-state index is 0.398. The summed E-state index contributed by atoms with van der Waals surface area (Å²) in [6.45, 7) is 3.07. The van der Waals surface area contributed by atoms with Crippen LogP contribution in [0.4, 0.5) is 0 Å². The van der Waals surface area contributed by atoms with E-state index < -0.39 is 0 Å². The van der Waals surface area contributed by atoms with Crippen molar-refractivity contribution in [2.45, 2.75) is 30.5 Å². The van der Waals surface area contributed by atoms with Crippen LogP contribution in [-0.2, 0) is 10.5 Å². The van der Waals surface area contributed by atoms with Crippen molar-refractivity contribution in [1.82, 2.24) is 4.98 Å². The molecule has 0 saturated carbocycles. The van der Waals surface area contributed by atoms with Gasteiger partial charge in [-0.25, -0.2) is 0 Å². The van der Waals surface area contributed by atoms with E-state index in [1.54, 1.807) is 0 Å². The van der Waals surface area contributed by atoms with Crippen LogP contribution in [0.15, 0.2) is 22.9 Å². The van der Waals surface area contributed by atoms with E-state index >= 15 is 0 Å². The molecule has 2 rings (SSSR count). The average molecular weight is 288 g/mol. The first-order valence-corrected chi connectivity index (χ1v) is 6.92. The Morgan fingerprint density at radius 1 is 1.60 bits per heavy atom. The molecule has 0 amide bonds. The third kappa shape index (κ3) is 3.20. The highest BCUT2D eigenvalue weighted by Gasteiger charge is 2.24. The van der Waals surface area contributed by atoms with Gasteiger partial charge in [0.1, 0.15) is 0 Å². The number of ether oxygens (including phenoxy) is 1. The molecule has 0 bridgehead atoms. The quantitative estimate of drug-likeness (QED) is 0.852. The smallest absolute Gasteiger partial charge is 0.0666 e. The van der Waals surface area contributed by atoms with Crippen molar-refractivity contribution >= 4 is 27.7 Å². The highest BCUT2D eigenvalue weighted by molar-refractivity contribution is 9.10. The maximum atomic E-state index is 5.53. The number of aromatic nitrogens is 1. The highest BCUT2D eigenvalue weighted by atomic mass is 79.9. The molecule has 15 heavy (non-hydrogen) atoms. The number of halogens is 1. The Hall–Kier alpha value is -0.0600. The zero-order valence-corrected chi connectivity index (χ0v) is 11.1. The molecule has 1 saturated heterocycles. The van der Waals surface area contributed by atoms with Gasteiger partial charge in [0, 0.05) is 34.5 Å². The second kappa shape index (κ2) is 5.32. The molecule has 0 spiro atoms. The van der Waals surface area contributed by atoms with Crippen molar-refractivity contribution in [2.24, 2.45) is 0 Å². The van der Waals surface area contributed by atoms with Crippen LogP contribution in [0, 0.1) is 0 Å². The van der Waals surface area contributed by atoms with Crippen LogP contribution in [0.3, 0.4) is 0 Å². The molecule has 2 unspecified atom stereocenters. The average Bonchev–Trinajstić information content (AvgIpc) is 2.61. The zero-order chi connectivity index (χ0) is 10.7. The van der Waals surface area contributed by atoms with Crippen LogP contribution >= 0.6 is 27.7 Å². The number of thioether (sulfide) groups is 1. The first-order valence-electron chi connectivity index (χ1n) is 5.08. The molecule has 2 atom stereocenters. The zero-order valence-electron chi connectivity index (χ0n) is 8.65. The standard InChI is InChI=1S/C11H14BrNOS/c1-8-11(2-3-14-8)15-7-9-4-10(12)6-13-5-9/h4-6,8,11H,2-3,7H2,1H3. The second-order valence-electron chi connectivity index (χ2n) is 3.73. The molecule has 0 radical (unpaired) electrons. The van der Waals surface area contributed by atoms with Gasteiger partial charge in [0.2, 0.25) is 0 Å². The van der Waals surface area contributed by atoms with Gasteiger partial charge in [0.25, 0.3) is 0 Å². The molecule has 1 aromatic heterocycles. The fourth-order valence-electron chi connectivity index (χ4n) is 1.67. The molecular formula is C11H14BrNOS. The number of hydrogen-bond acceptors (Lipinski definition) is 3. The molecule has 0 aliphatic carbocycles. The van der Waals surface area contributed by atoms with E-state index in [4.69, 9.17) is 4.74 Å². The van der Waals surface area contributed by atoms with Gasteiger partial charge in [-0.1, -0.05) is 0 Å². The minimum Gasteiger partial charge on any atom is -0.377 e. The van der Waals surface area contributed by atoms with Gasteiger partial charge in [-0.15, -0.1) is 0 Å². The fraction of sp³-hybridized carbons (Fsp3) is 0.545. The van der Waals surface area contributed by atoms with Crippen LogP contribution in [0.5, 0.6) is 0 Å². The van der Waals surface area contributed by atoms with Gasteiger partial charge in [-0.2, -0.15) is 11.8 Å². The summed E-state index contributed by atoms with van der Waals surface area (Å²) in [5.74, 6) is 1.02. The molecule has 0 N–H and O–H groups in total. The molecule has 1 aromatic rings. The summed E-state index contributed by atoms with van der Waals surface area (Å²) >= 11 is 5.40. The number of nitrogens with zero attached hydrogens (tertiary/aromatic N) is 1. The lowest BCUT2D eigenvalue weighted by atomic mass is 10.3. The van der Waals surface area contributed by atoms with Crippen LogP contribution in [0.1, 0.15) is 18.9 Å². The molecule has 2 nitrogen and oxygen atoms in total. The lowest BCUT2D eigenvalue weighted by Gasteiger charge is -2.13. The Balaban J connectivity index is 1.87. The Labute approximate surface area is 103 Å². The van der Waals surface area contributed by atoms with Crippen LogP contribution in [-0.4, -0.2) is 22.9 Å². The van der Waals surface area contributed by atoms with E-state index in [2.05, 4.69) is 33.9 Å². The molecular weight excluding hydrogens is 274 g/mol. The Morgan fingerprint density at radius 3 is 3.13 bits per heavy atom. The monoisotopic (exact) mass is 287 g/mol. The highest BCUT2D eigenvalue weighted by Crippen LogP contribution is 2.29. The largest absolute Gasteiger partial charge is 0.377 e. The maximum Gasteiger partial charge on any atom is 0.0666 e. The molecule has 1 aliphatic heterocycles. The van der Waals surface area contributed by atoms with E-state index in [-0.39, 0.29) is 0 Å². The summed E-state index contributed by atoms with van der Waals surface area (Å²) in [5, 5.41) is 0.643. The second-order valence-corrected chi connectivity index (χ2v) is 5.87. The van der Waals surface area contributed by atoms with E-state index in [0.717, 1.165) is 16.8 Å². The summed E-state index contributed by atoms with van der Waals surface area (Å²) < 4.78 is 6.58. The van der Waals surface area contributed by atoms with Crippen molar-refractivity contribution in [2.75, 3.05) is 6.61 Å².